The molecule has 8 heteroatoms. The molecule has 1 fully saturated rings. The quantitative estimate of drug-likeness (QED) is 0.748. The van der Waals surface area contributed by atoms with Gasteiger partial charge in [0, 0.05) is 31.4 Å². The fraction of sp³-hybridized carbons (Fsp3) is 0.500. The molecule has 0 radical (unpaired) electrons. The van der Waals surface area contributed by atoms with E-state index < -0.39 is 10.2 Å². The van der Waals surface area contributed by atoms with E-state index in [0.717, 1.165) is 24.5 Å². The third kappa shape index (κ3) is 3.64. The molecule has 0 spiro atoms. The lowest BCUT2D eigenvalue weighted by atomic mass is 10.2. The number of morpholine rings is 1. The number of nitrogens with two attached hydrogens (primary N) is 1. The number of anilines is 1. The zero-order chi connectivity index (χ0) is 13.0. The first kappa shape index (κ1) is 13.2. The summed E-state index contributed by atoms with van der Waals surface area (Å²) in [5.74, 6) is 0.775. The van der Waals surface area contributed by atoms with Crippen LogP contribution >= 0.6 is 0 Å². The Morgan fingerprint density at radius 3 is 2.83 bits per heavy atom. The average molecular weight is 272 g/mol. The van der Waals surface area contributed by atoms with Crippen LogP contribution in [0.25, 0.3) is 0 Å². The zero-order valence-electron chi connectivity index (χ0n) is 9.87. The zero-order valence-corrected chi connectivity index (χ0v) is 10.7. The van der Waals surface area contributed by atoms with Crippen LogP contribution in [0.3, 0.4) is 0 Å². The minimum absolute atomic E-state index is 0.138. The third-order valence-corrected chi connectivity index (χ3v) is 3.19. The van der Waals surface area contributed by atoms with Crippen molar-refractivity contribution >= 4 is 16.0 Å². The second-order valence-corrected chi connectivity index (χ2v) is 5.33. The van der Waals surface area contributed by atoms with E-state index in [1.807, 2.05) is 6.07 Å². The van der Waals surface area contributed by atoms with E-state index in [-0.39, 0.29) is 6.54 Å². The summed E-state index contributed by atoms with van der Waals surface area (Å²) in [6.07, 6.45) is 1.69. The predicted molar refractivity (Wildman–Crippen MR) is 67.2 cm³/mol. The molecule has 0 unspecified atom stereocenters. The first-order valence-electron chi connectivity index (χ1n) is 5.60. The smallest absolute Gasteiger partial charge is 0.274 e. The van der Waals surface area contributed by atoms with Gasteiger partial charge in [-0.1, -0.05) is 6.07 Å². The Kier molecular flexibility index (Phi) is 4.12. The Bertz CT molecular complexity index is 500. The maximum absolute atomic E-state index is 10.9. The van der Waals surface area contributed by atoms with Gasteiger partial charge in [0.2, 0.25) is 0 Å². The normalized spacial score (nSPS) is 16.8. The fourth-order valence-electron chi connectivity index (χ4n) is 1.81. The molecule has 0 bridgehead atoms. The number of hydrogen-bond donors (Lipinski definition) is 2. The summed E-state index contributed by atoms with van der Waals surface area (Å²) in [6, 6.07) is 3.60. The van der Waals surface area contributed by atoms with Gasteiger partial charge in [-0.05, 0) is 6.07 Å². The molecule has 18 heavy (non-hydrogen) atoms. The van der Waals surface area contributed by atoms with Crippen LogP contribution in [0.1, 0.15) is 5.56 Å². The molecule has 1 aliphatic heterocycles. The largest absolute Gasteiger partial charge is 0.378 e. The highest BCUT2D eigenvalue weighted by Gasteiger charge is 2.16. The summed E-state index contributed by atoms with van der Waals surface area (Å²) < 4.78 is 29.4. The summed E-state index contributed by atoms with van der Waals surface area (Å²) in [5, 5.41) is 4.92. The molecule has 0 amide bonds. The van der Waals surface area contributed by atoms with E-state index in [1.165, 1.54) is 0 Å². The van der Waals surface area contributed by atoms with Crippen molar-refractivity contribution in [1.29, 1.82) is 0 Å². The van der Waals surface area contributed by atoms with Crippen LogP contribution in [0, 0.1) is 0 Å². The van der Waals surface area contributed by atoms with Gasteiger partial charge >= 0.3 is 0 Å². The summed E-state index contributed by atoms with van der Waals surface area (Å²) in [5.41, 5.74) is 0.799. The monoisotopic (exact) mass is 272 g/mol. The number of aromatic nitrogens is 1. The minimum Gasteiger partial charge on any atom is -0.378 e. The Labute approximate surface area is 106 Å². The Morgan fingerprint density at radius 2 is 2.17 bits per heavy atom. The van der Waals surface area contributed by atoms with Crippen LogP contribution in [0.5, 0.6) is 0 Å². The molecular formula is C10H16N4O3S. The second-order valence-electron chi connectivity index (χ2n) is 3.95. The predicted octanol–water partition coefficient (Wildman–Crippen LogP) is -0.789. The maximum atomic E-state index is 10.9. The highest BCUT2D eigenvalue weighted by molar-refractivity contribution is 7.87. The van der Waals surface area contributed by atoms with Crippen molar-refractivity contribution in [3.8, 4) is 0 Å². The lowest BCUT2D eigenvalue weighted by Gasteiger charge is -2.29. The van der Waals surface area contributed by atoms with Crippen LogP contribution in [0.2, 0.25) is 0 Å². The van der Waals surface area contributed by atoms with Crippen molar-refractivity contribution in [2.45, 2.75) is 6.54 Å². The van der Waals surface area contributed by atoms with Crippen LogP contribution in [-0.2, 0) is 21.5 Å². The van der Waals surface area contributed by atoms with Crippen LogP contribution < -0.4 is 14.8 Å². The first-order valence-corrected chi connectivity index (χ1v) is 7.15. The Hall–Kier alpha value is -1.22. The summed E-state index contributed by atoms with van der Waals surface area (Å²) in [7, 11) is -3.69. The van der Waals surface area contributed by atoms with Gasteiger partial charge in [-0.15, -0.1) is 0 Å². The van der Waals surface area contributed by atoms with Gasteiger partial charge in [0.15, 0.2) is 0 Å². The van der Waals surface area contributed by atoms with Gasteiger partial charge < -0.3 is 9.64 Å². The van der Waals surface area contributed by atoms with Crippen molar-refractivity contribution in [2.24, 2.45) is 5.14 Å². The molecule has 1 aromatic heterocycles. The Morgan fingerprint density at radius 1 is 1.44 bits per heavy atom. The van der Waals surface area contributed by atoms with Crippen molar-refractivity contribution in [1.82, 2.24) is 9.71 Å². The van der Waals surface area contributed by atoms with Gasteiger partial charge in [-0.25, -0.2) is 10.1 Å². The molecule has 2 rings (SSSR count). The van der Waals surface area contributed by atoms with Gasteiger partial charge in [0.25, 0.3) is 10.2 Å². The number of ether oxygens (including phenoxy) is 1. The van der Waals surface area contributed by atoms with Gasteiger partial charge in [0.1, 0.15) is 5.82 Å². The third-order valence-electron chi connectivity index (χ3n) is 2.64. The first-order chi connectivity index (χ1) is 8.56. The highest BCUT2D eigenvalue weighted by Crippen LogP contribution is 2.18. The van der Waals surface area contributed by atoms with E-state index in [2.05, 4.69) is 14.6 Å². The topological polar surface area (TPSA) is 97.5 Å². The van der Waals surface area contributed by atoms with Crippen LogP contribution in [-0.4, -0.2) is 39.7 Å². The molecule has 0 atom stereocenters. The number of nitrogens with zero attached hydrogens (tertiary/aromatic N) is 2. The van der Waals surface area contributed by atoms with Crippen molar-refractivity contribution < 1.29 is 13.2 Å². The summed E-state index contributed by atoms with van der Waals surface area (Å²) in [6.45, 7) is 2.94. The molecule has 1 aromatic rings. The van der Waals surface area contributed by atoms with Crippen molar-refractivity contribution in [2.75, 3.05) is 31.2 Å². The van der Waals surface area contributed by atoms with E-state index in [0.29, 0.717) is 13.2 Å². The van der Waals surface area contributed by atoms with Crippen molar-refractivity contribution in [3.05, 3.63) is 23.9 Å². The van der Waals surface area contributed by atoms with Crippen LogP contribution in [0.4, 0.5) is 5.82 Å². The average Bonchev–Trinajstić information content (AvgIpc) is 2.37. The van der Waals surface area contributed by atoms with Gasteiger partial charge in [0.05, 0.1) is 13.2 Å². The molecular weight excluding hydrogens is 256 g/mol. The fourth-order valence-corrected chi connectivity index (χ4v) is 2.16. The number of nitrogens with one attached hydrogen (secondary N) is 1. The molecule has 100 valence electrons. The molecule has 0 aromatic carbocycles. The molecule has 0 saturated carbocycles. The highest BCUT2D eigenvalue weighted by atomic mass is 32.2. The lowest BCUT2D eigenvalue weighted by molar-refractivity contribution is 0.122. The van der Waals surface area contributed by atoms with E-state index in [9.17, 15) is 8.42 Å². The number of pyridine rings is 1. The molecule has 3 N–H and O–H groups in total. The summed E-state index contributed by atoms with van der Waals surface area (Å²) >= 11 is 0. The van der Waals surface area contributed by atoms with E-state index in [4.69, 9.17) is 9.88 Å². The minimum atomic E-state index is -3.69. The molecule has 0 aliphatic carbocycles. The molecule has 2 heterocycles. The Balaban J connectivity index is 2.14. The van der Waals surface area contributed by atoms with Crippen molar-refractivity contribution in [3.63, 3.8) is 0 Å². The lowest BCUT2D eigenvalue weighted by Crippen LogP contribution is -2.38. The van der Waals surface area contributed by atoms with Crippen LogP contribution in [0.15, 0.2) is 18.3 Å². The molecule has 7 nitrogen and oxygen atoms in total. The number of hydrogen-bond acceptors (Lipinski definition) is 5. The SMILES string of the molecule is NS(=O)(=O)NCc1cccnc1N1CCOCC1. The van der Waals surface area contributed by atoms with E-state index in [1.54, 1.807) is 12.3 Å². The van der Waals surface area contributed by atoms with Gasteiger partial charge in [-0.3, -0.25) is 0 Å². The molecule has 1 aliphatic rings. The van der Waals surface area contributed by atoms with E-state index >= 15 is 0 Å². The standard InChI is InChI=1S/C10H16N4O3S/c11-18(15,16)13-8-9-2-1-3-12-10(9)14-4-6-17-7-5-14/h1-3,13H,4-8H2,(H2,11,15,16). The number of rotatable bonds is 4. The second kappa shape index (κ2) is 5.61. The molecule has 1 saturated heterocycles. The summed E-state index contributed by atoms with van der Waals surface area (Å²) in [4.78, 5) is 6.37. The maximum Gasteiger partial charge on any atom is 0.274 e. The van der Waals surface area contributed by atoms with Gasteiger partial charge in [-0.2, -0.15) is 13.1 Å².